The monoisotopic (exact) mass is 339 g/mol. The first-order valence-corrected chi connectivity index (χ1v) is 8.47. The lowest BCUT2D eigenvalue weighted by Gasteiger charge is -2.05. The van der Waals surface area contributed by atoms with Crippen molar-refractivity contribution >= 4 is 11.8 Å². The summed E-state index contributed by atoms with van der Waals surface area (Å²) in [6.45, 7) is 0. The second kappa shape index (κ2) is 7.79. The lowest BCUT2D eigenvalue weighted by Crippen LogP contribution is -2.14. The van der Waals surface area contributed by atoms with E-state index in [0.717, 1.165) is 11.3 Å². The highest BCUT2D eigenvalue weighted by atomic mass is 32.2. The Kier molecular flexibility index (Phi) is 5.28. The molecular weight excluding hydrogens is 322 g/mol. The maximum atomic E-state index is 12.3. The van der Waals surface area contributed by atoms with Crippen molar-refractivity contribution in [2.45, 2.75) is 17.3 Å². The predicted octanol–water partition coefficient (Wildman–Crippen LogP) is 3.06. The molecule has 0 spiro atoms. The van der Waals surface area contributed by atoms with E-state index in [-0.39, 0.29) is 5.56 Å². The minimum atomic E-state index is -0.114. The normalized spacial score (nSPS) is 10.5. The van der Waals surface area contributed by atoms with Crippen molar-refractivity contribution in [3.8, 4) is 5.88 Å². The zero-order valence-electron chi connectivity index (χ0n) is 13.2. The largest absolute Gasteiger partial charge is 0.481 e. The Bertz CT molecular complexity index is 865. The Balaban J connectivity index is 1.69. The van der Waals surface area contributed by atoms with Gasteiger partial charge in [0.2, 0.25) is 5.88 Å². The minimum Gasteiger partial charge on any atom is -0.481 e. The minimum absolute atomic E-state index is 0.114. The maximum absolute atomic E-state index is 12.3. The van der Waals surface area contributed by atoms with E-state index in [4.69, 9.17) is 4.74 Å². The van der Waals surface area contributed by atoms with Crippen LogP contribution < -0.4 is 10.3 Å². The molecule has 0 fully saturated rings. The molecule has 1 N–H and O–H groups in total. The van der Waals surface area contributed by atoms with E-state index >= 15 is 0 Å². The molecule has 0 aliphatic carbocycles. The van der Waals surface area contributed by atoms with Gasteiger partial charge in [0.25, 0.3) is 5.56 Å². The molecule has 122 valence electrons. The number of nitrogens with zero attached hydrogens (tertiary/aromatic N) is 2. The molecule has 0 aliphatic rings. The number of thioether (sulfide) groups is 1. The average Bonchev–Trinajstić information content (AvgIpc) is 2.63. The van der Waals surface area contributed by atoms with Crippen molar-refractivity contribution < 1.29 is 4.74 Å². The Morgan fingerprint density at radius 3 is 2.71 bits per heavy atom. The molecule has 0 bridgehead atoms. The van der Waals surface area contributed by atoms with Gasteiger partial charge in [0.05, 0.1) is 7.11 Å². The average molecular weight is 339 g/mol. The van der Waals surface area contributed by atoms with Gasteiger partial charge in [-0.3, -0.25) is 4.79 Å². The quantitative estimate of drug-likeness (QED) is 0.552. The highest BCUT2D eigenvalue weighted by Gasteiger charge is 2.06. The molecule has 0 atom stereocenters. The van der Waals surface area contributed by atoms with Crippen molar-refractivity contribution in [3.05, 3.63) is 81.9 Å². The summed E-state index contributed by atoms with van der Waals surface area (Å²) in [6, 6.07) is 13.8. The SMILES string of the molecule is COc1cc(Cc2cnc(SCc3ccccc3)[nH]c2=O)ccn1. The van der Waals surface area contributed by atoms with Gasteiger partial charge in [-0.1, -0.05) is 42.1 Å². The highest BCUT2D eigenvalue weighted by Crippen LogP contribution is 2.18. The topological polar surface area (TPSA) is 67.9 Å². The van der Waals surface area contributed by atoms with E-state index in [1.807, 2.05) is 30.3 Å². The summed E-state index contributed by atoms with van der Waals surface area (Å²) in [7, 11) is 1.57. The summed E-state index contributed by atoms with van der Waals surface area (Å²) in [5.74, 6) is 1.30. The molecule has 3 rings (SSSR count). The molecular formula is C18H17N3O2S. The molecule has 0 radical (unpaired) electrons. The number of H-pyrrole nitrogens is 1. The summed E-state index contributed by atoms with van der Waals surface area (Å²) in [5.41, 5.74) is 2.65. The second-order valence-electron chi connectivity index (χ2n) is 5.20. The molecule has 5 nitrogen and oxygen atoms in total. The van der Waals surface area contributed by atoms with Crippen LogP contribution in [0, 0.1) is 0 Å². The van der Waals surface area contributed by atoms with Gasteiger partial charge in [-0.25, -0.2) is 9.97 Å². The summed E-state index contributed by atoms with van der Waals surface area (Å²) in [6.07, 6.45) is 3.80. The number of hydrogen-bond donors (Lipinski definition) is 1. The Morgan fingerprint density at radius 1 is 1.12 bits per heavy atom. The van der Waals surface area contributed by atoms with Gasteiger partial charge in [0, 0.05) is 36.2 Å². The zero-order chi connectivity index (χ0) is 16.8. The van der Waals surface area contributed by atoms with E-state index in [0.29, 0.717) is 23.0 Å². The van der Waals surface area contributed by atoms with Crippen LogP contribution in [0.5, 0.6) is 5.88 Å². The molecule has 24 heavy (non-hydrogen) atoms. The lowest BCUT2D eigenvalue weighted by atomic mass is 10.1. The number of hydrogen-bond acceptors (Lipinski definition) is 5. The van der Waals surface area contributed by atoms with Crippen molar-refractivity contribution in [3.63, 3.8) is 0 Å². The van der Waals surface area contributed by atoms with Crippen LogP contribution in [0.3, 0.4) is 0 Å². The number of aromatic nitrogens is 3. The number of aromatic amines is 1. The van der Waals surface area contributed by atoms with Gasteiger partial charge in [-0.15, -0.1) is 0 Å². The molecule has 2 heterocycles. The predicted molar refractivity (Wildman–Crippen MR) is 94.5 cm³/mol. The number of pyridine rings is 1. The summed E-state index contributed by atoms with van der Waals surface area (Å²) < 4.78 is 5.10. The third kappa shape index (κ3) is 4.23. The summed E-state index contributed by atoms with van der Waals surface area (Å²) in [5, 5.41) is 0.625. The Labute approximate surface area is 144 Å². The van der Waals surface area contributed by atoms with Crippen LogP contribution >= 0.6 is 11.8 Å². The van der Waals surface area contributed by atoms with Crippen molar-refractivity contribution in [1.82, 2.24) is 15.0 Å². The zero-order valence-corrected chi connectivity index (χ0v) is 14.0. The van der Waals surface area contributed by atoms with E-state index < -0.39 is 0 Å². The van der Waals surface area contributed by atoms with E-state index in [9.17, 15) is 4.79 Å². The van der Waals surface area contributed by atoms with Crippen molar-refractivity contribution in [2.24, 2.45) is 0 Å². The Morgan fingerprint density at radius 2 is 1.96 bits per heavy atom. The fraction of sp³-hybridized carbons (Fsp3) is 0.167. The van der Waals surface area contributed by atoms with Gasteiger partial charge in [-0.05, 0) is 17.2 Å². The van der Waals surface area contributed by atoms with Crippen LogP contribution in [0.4, 0.5) is 0 Å². The number of ether oxygens (including phenoxy) is 1. The summed E-state index contributed by atoms with van der Waals surface area (Å²) in [4.78, 5) is 23.5. The fourth-order valence-electron chi connectivity index (χ4n) is 2.22. The van der Waals surface area contributed by atoms with Crippen LogP contribution in [-0.4, -0.2) is 22.1 Å². The fourth-order valence-corrected chi connectivity index (χ4v) is 3.01. The van der Waals surface area contributed by atoms with Gasteiger partial charge in [0.1, 0.15) is 0 Å². The van der Waals surface area contributed by atoms with Crippen LogP contribution in [0.1, 0.15) is 16.7 Å². The lowest BCUT2D eigenvalue weighted by molar-refractivity contribution is 0.397. The van der Waals surface area contributed by atoms with Crippen LogP contribution in [-0.2, 0) is 12.2 Å². The Hall–Kier alpha value is -2.60. The highest BCUT2D eigenvalue weighted by molar-refractivity contribution is 7.98. The number of methoxy groups -OCH3 is 1. The van der Waals surface area contributed by atoms with Crippen LogP contribution in [0.25, 0.3) is 0 Å². The number of nitrogens with one attached hydrogen (secondary N) is 1. The standard InChI is InChI=1S/C18H17N3O2S/c1-23-16-10-14(7-8-19-16)9-15-11-20-18(21-17(15)22)24-12-13-5-3-2-4-6-13/h2-8,10-11H,9,12H2,1H3,(H,20,21,22). The first-order valence-electron chi connectivity index (χ1n) is 7.48. The molecule has 0 aliphatic heterocycles. The smallest absolute Gasteiger partial charge is 0.255 e. The van der Waals surface area contributed by atoms with Crippen molar-refractivity contribution in [1.29, 1.82) is 0 Å². The molecule has 6 heteroatoms. The third-order valence-corrected chi connectivity index (χ3v) is 4.43. The first-order chi connectivity index (χ1) is 11.7. The molecule has 2 aromatic heterocycles. The molecule has 0 unspecified atom stereocenters. The molecule has 0 saturated carbocycles. The van der Waals surface area contributed by atoms with Gasteiger partial charge in [0.15, 0.2) is 5.16 Å². The maximum Gasteiger partial charge on any atom is 0.255 e. The number of benzene rings is 1. The number of rotatable bonds is 6. The van der Waals surface area contributed by atoms with E-state index in [2.05, 4.69) is 27.1 Å². The summed E-state index contributed by atoms with van der Waals surface area (Å²) >= 11 is 1.51. The van der Waals surface area contributed by atoms with Crippen LogP contribution in [0.15, 0.2) is 64.8 Å². The van der Waals surface area contributed by atoms with E-state index in [1.54, 1.807) is 19.5 Å². The second-order valence-corrected chi connectivity index (χ2v) is 6.16. The molecule has 0 saturated heterocycles. The molecule has 1 aromatic carbocycles. The first kappa shape index (κ1) is 16.3. The van der Waals surface area contributed by atoms with Gasteiger partial charge in [-0.2, -0.15) is 0 Å². The van der Waals surface area contributed by atoms with Crippen molar-refractivity contribution in [2.75, 3.05) is 7.11 Å². The van der Waals surface area contributed by atoms with Crippen LogP contribution in [0.2, 0.25) is 0 Å². The van der Waals surface area contributed by atoms with E-state index in [1.165, 1.54) is 17.3 Å². The van der Waals surface area contributed by atoms with Gasteiger partial charge >= 0.3 is 0 Å². The van der Waals surface area contributed by atoms with Gasteiger partial charge < -0.3 is 9.72 Å². The molecule has 3 aromatic rings. The third-order valence-electron chi connectivity index (χ3n) is 3.47. The molecule has 0 amide bonds.